The molecule has 2 unspecified atom stereocenters. The molecule has 0 spiro atoms. The Bertz CT molecular complexity index is 387. The average molecular weight is 246 g/mol. The van der Waals surface area contributed by atoms with Crippen LogP contribution < -0.4 is 11.1 Å². The van der Waals surface area contributed by atoms with Crippen LogP contribution in [0, 0.1) is 11.8 Å². The van der Waals surface area contributed by atoms with Gasteiger partial charge in [-0.2, -0.15) is 0 Å². The van der Waals surface area contributed by atoms with Gasteiger partial charge in [-0.05, 0) is 24.3 Å². The predicted molar refractivity (Wildman–Crippen MR) is 72.9 cm³/mol. The molecule has 0 bridgehead atoms. The van der Waals surface area contributed by atoms with Gasteiger partial charge in [-0.15, -0.1) is 0 Å². The van der Waals surface area contributed by atoms with Crippen LogP contribution in [0.25, 0.3) is 0 Å². The number of nitrogens with two attached hydrogens (primary N) is 1. The van der Waals surface area contributed by atoms with E-state index in [0.29, 0.717) is 12.5 Å². The van der Waals surface area contributed by atoms with Crippen LogP contribution in [0.15, 0.2) is 30.3 Å². The first-order valence-electron chi connectivity index (χ1n) is 6.77. The third kappa shape index (κ3) is 2.91. The smallest absolute Gasteiger partial charge is 0.224 e. The third-order valence-electron chi connectivity index (χ3n) is 3.88. The minimum absolute atomic E-state index is 0.0678. The van der Waals surface area contributed by atoms with Crippen molar-refractivity contribution in [1.82, 2.24) is 5.32 Å². The van der Waals surface area contributed by atoms with Gasteiger partial charge in [-0.25, -0.2) is 0 Å². The molecule has 2 rings (SSSR count). The van der Waals surface area contributed by atoms with E-state index in [4.69, 9.17) is 5.73 Å². The van der Waals surface area contributed by atoms with Gasteiger partial charge in [0.1, 0.15) is 0 Å². The van der Waals surface area contributed by atoms with Gasteiger partial charge in [0.05, 0.1) is 6.04 Å². The van der Waals surface area contributed by atoms with Crippen molar-refractivity contribution in [1.29, 1.82) is 0 Å². The molecule has 0 radical (unpaired) electrons. The topological polar surface area (TPSA) is 55.1 Å². The molecule has 1 amide bonds. The molecule has 98 valence electrons. The summed E-state index contributed by atoms with van der Waals surface area (Å²) in [4.78, 5) is 12.0. The van der Waals surface area contributed by atoms with Crippen molar-refractivity contribution in [3.05, 3.63) is 35.9 Å². The molecule has 1 saturated carbocycles. The molecule has 1 fully saturated rings. The van der Waals surface area contributed by atoms with E-state index < -0.39 is 0 Å². The maximum absolute atomic E-state index is 12.0. The van der Waals surface area contributed by atoms with Crippen LogP contribution in [-0.2, 0) is 4.79 Å². The molecule has 3 N–H and O–H groups in total. The first-order chi connectivity index (χ1) is 8.72. The zero-order valence-electron chi connectivity index (χ0n) is 10.9. The van der Waals surface area contributed by atoms with Gasteiger partial charge in [-0.1, -0.05) is 43.7 Å². The molecule has 0 saturated heterocycles. The number of hydrogen-bond acceptors (Lipinski definition) is 2. The SMILES string of the molecule is CC(CN)C(=O)NC(c1ccccc1)C1CCC1. The highest BCUT2D eigenvalue weighted by atomic mass is 16.1. The van der Waals surface area contributed by atoms with Crippen LogP contribution in [0.4, 0.5) is 0 Å². The van der Waals surface area contributed by atoms with Crippen molar-refractivity contribution >= 4 is 5.91 Å². The molecule has 3 nitrogen and oxygen atoms in total. The van der Waals surface area contributed by atoms with Gasteiger partial charge in [-0.3, -0.25) is 4.79 Å². The molecule has 3 heteroatoms. The summed E-state index contributed by atoms with van der Waals surface area (Å²) >= 11 is 0. The molecule has 18 heavy (non-hydrogen) atoms. The number of benzene rings is 1. The predicted octanol–water partition coefficient (Wildman–Crippen LogP) is 2.24. The summed E-state index contributed by atoms with van der Waals surface area (Å²) in [5, 5.41) is 3.17. The van der Waals surface area contributed by atoms with Crippen LogP contribution >= 0.6 is 0 Å². The Morgan fingerprint density at radius 3 is 2.56 bits per heavy atom. The summed E-state index contributed by atoms with van der Waals surface area (Å²) in [6.07, 6.45) is 3.68. The van der Waals surface area contributed by atoms with E-state index in [0.717, 1.165) is 0 Å². The maximum atomic E-state index is 12.0. The number of hydrogen-bond donors (Lipinski definition) is 2. The van der Waals surface area contributed by atoms with Crippen LogP contribution in [0.5, 0.6) is 0 Å². The summed E-state index contributed by atoms with van der Waals surface area (Å²) < 4.78 is 0. The molecule has 1 aromatic rings. The minimum Gasteiger partial charge on any atom is -0.349 e. The van der Waals surface area contributed by atoms with Crippen LogP contribution in [0.1, 0.15) is 37.8 Å². The number of nitrogens with one attached hydrogen (secondary N) is 1. The standard InChI is InChI=1S/C15H22N2O/c1-11(10-16)15(18)17-14(13-8-5-9-13)12-6-3-2-4-7-12/h2-4,6-7,11,13-14H,5,8-10,16H2,1H3,(H,17,18). The largest absolute Gasteiger partial charge is 0.349 e. The van der Waals surface area contributed by atoms with Crippen LogP contribution in [0.3, 0.4) is 0 Å². The second-order valence-electron chi connectivity index (χ2n) is 5.22. The van der Waals surface area contributed by atoms with E-state index in [2.05, 4.69) is 17.4 Å². The highest BCUT2D eigenvalue weighted by molar-refractivity contribution is 5.79. The van der Waals surface area contributed by atoms with Crippen molar-refractivity contribution in [2.75, 3.05) is 6.54 Å². The van der Waals surface area contributed by atoms with Gasteiger partial charge >= 0.3 is 0 Å². The normalized spacial score (nSPS) is 18.8. The fraction of sp³-hybridized carbons (Fsp3) is 0.533. The highest BCUT2D eigenvalue weighted by Crippen LogP contribution is 2.37. The summed E-state index contributed by atoms with van der Waals surface area (Å²) in [7, 11) is 0. The number of rotatable bonds is 5. The lowest BCUT2D eigenvalue weighted by atomic mass is 9.77. The van der Waals surface area contributed by atoms with Gasteiger partial charge in [0.2, 0.25) is 5.91 Å². The number of carbonyl (C=O) groups excluding carboxylic acids is 1. The Labute approximate surface area is 109 Å². The summed E-state index contributed by atoms with van der Waals surface area (Å²) in [5.74, 6) is 0.538. The Balaban J connectivity index is 2.09. The summed E-state index contributed by atoms with van der Waals surface area (Å²) in [6, 6.07) is 10.4. The first-order valence-corrected chi connectivity index (χ1v) is 6.77. The Morgan fingerprint density at radius 2 is 2.06 bits per heavy atom. The number of carbonyl (C=O) groups is 1. The average Bonchev–Trinajstić information content (AvgIpc) is 2.35. The van der Waals surface area contributed by atoms with Gasteiger partial charge in [0, 0.05) is 12.5 Å². The van der Waals surface area contributed by atoms with E-state index >= 15 is 0 Å². The zero-order valence-corrected chi connectivity index (χ0v) is 10.9. The molecule has 0 heterocycles. The zero-order chi connectivity index (χ0) is 13.0. The monoisotopic (exact) mass is 246 g/mol. The van der Waals surface area contributed by atoms with Crippen LogP contribution in [-0.4, -0.2) is 12.5 Å². The Hall–Kier alpha value is -1.35. The molecule has 2 atom stereocenters. The van der Waals surface area contributed by atoms with Crippen molar-refractivity contribution in [3.8, 4) is 0 Å². The summed E-state index contributed by atoms with van der Waals surface area (Å²) in [6.45, 7) is 2.27. The van der Waals surface area contributed by atoms with E-state index in [1.54, 1.807) is 0 Å². The van der Waals surface area contributed by atoms with Gasteiger partial charge < -0.3 is 11.1 Å². The Kier molecular flexibility index (Phi) is 4.37. The highest BCUT2D eigenvalue weighted by Gasteiger charge is 2.30. The molecule has 1 aliphatic rings. The third-order valence-corrected chi connectivity index (χ3v) is 3.88. The second kappa shape index (κ2) is 6.01. The lowest BCUT2D eigenvalue weighted by molar-refractivity contribution is -0.125. The molecule has 0 aromatic heterocycles. The van der Waals surface area contributed by atoms with Gasteiger partial charge in [0.25, 0.3) is 0 Å². The maximum Gasteiger partial charge on any atom is 0.224 e. The van der Waals surface area contributed by atoms with Crippen molar-refractivity contribution in [2.45, 2.75) is 32.2 Å². The fourth-order valence-corrected chi connectivity index (χ4v) is 2.31. The van der Waals surface area contributed by atoms with Crippen LogP contribution in [0.2, 0.25) is 0 Å². The molecule has 1 aromatic carbocycles. The minimum atomic E-state index is -0.115. The van der Waals surface area contributed by atoms with E-state index in [-0.39, 0.29) is 17.9 Å². The Morgan fingerprint density at radius 1 is 1.39 bits per heavy atom. The molecular formula is C15H22N2O. The fourth-order valence-electron chi connectivity index (χ4n) is 2.31. The molecule has 1 aliphatic carbocycles. The second-order valence-corrected chi connectivity index (χ2v) is 5.22. The van der Waals surface area contributed by atoms with Crippen molar-refractivity contribution < 1.29 is 4.79 Å². The lowest BCUT2D eigenvalue weighted by Crippen LogP contribution is -2.40. The number of amides is 1. The van der Waals surface area contributed by atoms with E-state index in [1.165, 1.54) is 24.8 Å². The molecule has 0 aliphatic heterocycles. The first kappa shape index (κ1) is 13.1. The van der Waals surface area contributed by atoms with E-state index in [1.807, 2.05) is 25.1 Å². The van der Waals surface area contributed by atoms with Gasteiger partial charge in [0.15, 0.2) is 0 Å². The quantitative estimate of drug-likeness (QED) is 0.837. The molecular weight excluding hydrogens is 224 g/mol. The van der Waals surface area contributed by atoms with Crippen molar-refractivity contribution in [2.24, 2.45) is 17.6 Å². The van der Waals surface area contributed by atoms with E-state index in [9.17, 15) is 4.79 Å². The van der Waals surface area contributed by atoms with Crippen molar-refractivity contribution in [3.63, 3.8) is 0 Å². The summed E-state index contributed by atoms with van der Waals surface area (Å²) in [5.41, 5.74) is 6.76. The lowest BCUT2D eigenvalue weighted by Gasteiger charge is -2.35.